The van der Waals surface area contributed by atoms with Gasteiger partial charge in [-0.2, -0.15) is 18.3 Å². The van der Waals surface area contributed by atoms with E-state index in [4.69, 9.17) is 4.42 Å². The third kappa shape index (κ3) is 3.91. The second-order valence-electron chi connectivity index (χ2n) is 6.17. The summed E-state index contributed by atoms with van der Waals surface area (Å²) in [4.78, 5) is 12.0. The van der Waals surface area contributed by atoms with Crippen LogP contribution in [-0.4, -0.2) is 15.7 Å². The van der Waals surface area contributed by atoms with Gasteiger partial charge in [0.25, 0.3) is 5.91 Å². The molecule has 0 aliphatic rings. The van der Waals surface area contributed by atoms with Crippen LogP contribution in [0.1, 0.15) is 16.2 Å². The summed E-state index contributed by atoms with van der Waals surface area (Å²) in [5.41, 5.74) is 0.817. The van der Waals surface area contributed by atoms with E-state index in [-0.39, 0.29) is 11.5 Å². The summed E-state index contributed by atoms with van der Waals surface area (Å²) in [5.74, 6) is -0.262. The van der Waals surface area contributed by atoms with Gasteiger partial charge in [-0.1, -0.05) is 30.3 Å². The molecule has 0 bridgehead atoms. The lowest BCUT2D eigenvalue weighted by Crippen LogP contribution is -2.10. The van der Waals surface area contributed by atoms with Crippen LogP contribution in [0.4, 0.5) is 18.9 Å². The van der Waals surface area contributed by atoms with Crippen LogP contribution in [0.25, 0.3) is 16.9 Å². The Bertz CT molecular complexity index is 1120. The Morgan fingerprint density at radius 2 is 1.69 bits per heavy atom. The number of para-hydroxylation sites is 1. The van der Waals surface area contributed by atoms with Crippen molar-refractivity contribution in [1.29, 1.82) is 0 Å². The molecule has 1 amide bonds. The highest BCUT2D eigenvalue weighted by Gasteiger charge is 2.35. The average Bonchev–Trinajstić information content (AvgIpc) is 3.39. The van der Waals surface area contributed by atoms with E-state index in [1.54, 1.807) is 60.7 Å². The maximum absolute atomic E-state index is 13.2. The topological polar surface area (TPSA) is 60.1 Å². The van der Waals surface area contributed by atoms with Crippen LogP contribution in [0.15, 0.2) is 83.5 Å². The maximum Gasteiger partial charge on any atom is 0.435 e. The maximum atomic E-state index is 13.2. The predicted octanol–water partition coefficient (Wildman–Crippen LogP) is 5.40. The Labute approximate surface area is 163 Å². The second-order valence-corrected chi connectivity index (χ2v) is 6.17. The van der Waals surface area contributed by atoms with Crippen LogP contribution in [0.5, 0.6) is 0 Å². The highest BCUT2D eigenvalue weighted by Crippen LogP contribution is 2.33. The minimum atomic E-state index is -4.56. The summed E-state index contributed by atoms with van der Waals surface area (Å²) in [7, 11) is 0. The monoisotopic (exact) mass is 397 g/mol. The molecule has 2 aromatic carbocycles. The molecule has 0 radical (unpaired) electrons. The number of nitrogens with zero attached hydrogens (tertiary/aromatic N) is 2. The summed E-state index contributed by atoms with van der Waals surface area (Å²) >= 11 is 0. The number of anilines is 1. The molecule has 8 heteroatoms. The number of benzene rings is 2. The van der Waals surface area contributed by atoms with Crippen molar-refractivity contribution in [3.63, 3.8) is 0 Å². The van der Waals surface area contributed by atoms with Crippen molar-refractivity contribution in [1.82, 2.24) is 9.78 Å². The van der Waals surface area contributed by atoms with Gasteiger partial charge in [-0.15, -0.1) is 0 Å². The molecule has 4 rings (SSSR count). The molecule has 0 spiro atoms. The lowest BCUT2D eigenvalue weighted by Gasteiger charge is -2.09. The minimum Gasteiger partial charge on any atom is -0.459 e. The number of hydrogen-bond acceptors (Lipinski definition) is 3. The number of furan rings is 1. The van der Waals surface area contributed by atoms with E-state index in [0.29, 0.717) is 16.9 Å². The molecule has 146 valence electrons. The molecule has 0 atom stereocenters. The lowest BCUT2D eigenvalue weighted by molar-refractivity contribution is -0.141. The highest BCUT2D eigenvalue weighted by molar-refractivity contribution is 6.02. The fourth-order valence-corrected chi connectivity index (χ4v) is 2.82. The van der Waals surface area contributed by atoms with E-state index >= 15 is 0 Å². The number of nitrogens with one attached hydrogen (secondary N) is 1. The first kappa shape index (κ1) is 18.5. The third-order valence-electron chi connectivity index (χ3n) is 4.18. The number of hydrogen-bond donors (Lipinski definition) is 1. The van der Waals surface area contributed by atoms with Crippen LogP contribution in [0.3, 0.4) is 0 Å². The number of amides is 1. The summed E-state index contributed by atoms with van der Waals surface area (Å²) < 4.78 is 45.9. The van der Waals surface area contributed by atoms with Gasteiger partial charge >= 0.3 is 6.18 Å². The zero-order valence-electron chi connectivity index (χ0n) is 14.9. The highest BCUT2D eigenvalue weighted by atomic mass is 19.4. The van der Waals surface area contributed by atoms with Crippen molar-refractivity contribution in [2.24, 2.45) is 0 Å². The van der Waals surface area contributed by atoms with Gasteiger partial charge in [-0.05, 0) is 42.5 Å². The lowest BCUT2D eigenvalue weighted by atomic mass is 10.1. The minimum absolute atomic E-state index is 0.158. The standard InChI is InChI=1S/C21H14F3N3O2/c22-21(23,24)19-13-17(27(26-19)16-5-2-1-3-6-16)14-8-10-15(11-9-14)25-20(28)18-7-4-12-29-18/h1-13H,(H,25,28). The van der Waals surface area contributed by atoms with E-state index in [0.717, 1.165) is 6.07 Å². The van der Waals surface area contributed by atoms with Gasteiger partial charge in [-0.25, -0.2) is 4.68 Å². The Morgan fingerprint density at radius 1 is 0.966 bits per heavy atom. The fraction of sp³-hybridized carbons (Fsp3) is 0.0476. The number of alkyl halides is 3. The number of carbonyl (C=O) groups is 1. The Hall–Kier alpha value is -3.81. The molecule has 5 nitrogen and oxygen atoms in total. The quantitative estimate of drug-likeness (QED) is 0.501. The van der Waals surface area contributed by atoms with E-state index in [1.165, 1.54) is 17.0 Å². The van der Waals surface area contributed by atoms with Crippen molar-refractivity contribution >= 4 is 11.6 Å². The van der Waals surface area contributed by atoms with Crippen molar-refractivity contribution < 1.29 is 22.4 Å². The summed E-state index contributed by atoms with van der Waals surface area (Å²) in [5, 5.41) is 6.41. The fourth-order valence-electron chi connectivity index (χ4n) is 2.82. The van der Waals surface area contributed by atoms with E-state index in [9.17, 15) is 18.0 Å². The van der Waals surface area contributed by atoms with Gasteiger partial charge < -0.3 is 9.73 Å². The first-order valence-electron chi connectivity index (χ1n) is 8.60. The molecule has 0 fully saturated rings. The second kappa shape index (κ2) is 7.31. The van der Waals surface area contributed by atoms with Crippen LogP contribution < -0.4 is 5.32 Å². The summed E-state index contributed by atoms with van der Waals surface area (Å²) in [6.07, 6.45) is -3.17. The van der Waals surface area contributed by atoms with Crippen LogP contribution in [0.2, 0.25) is 0 Å². The zero-order chi connectivity index (χ0) is 20.4. The normalized spacial score (nSPS) is 11.4. The number of rotatable bonds is 4. The molecule has 2 aromatic heterocycles. The molecule has 0 saturated heterocycles. The molecule has 0 aliphatic carbocycles. The Kier molecular flexibility index (Phi) is 4.67. The van der Waals surface area contributed by atoms with Crippen LogP contribution in [0, 0.1) is 0 Å². The molecule has 0 aliphatic heterocycles. The van der Waals surface area contributed by atoms with Crippen molar-refractivity contribution in [2.75, 3.05) is 5.32 Å². The smallest absolute Gasteiger partial charge is 0.435 e. The summed E-state index contributed by atoms with van der Waals surface area (Å²) in [6.45, 7) is 0. The van der Waals surface area contributed by atoms with E-state index in [1.807, 2.05) is 0 Å². The van der Waals surface area contributed by atoms with E-state index < -0.39 is 17.8 Å². The van der Waals surface area contributed by atoms with Crippen LogP contribution >= 0.6 is 0 Å². The first-order chi connectivity index (χ1) is 13.9. The molecule has 0 unspecified atom stereocenters. The van der Waals surface area contributed by atoms with Gasteiger partial charge in [0.1, 0.15) is 0 Å². The van der Waals surface area contributed by atoms with Gasteiger partial charge in [0, 0.05) is 11.3 Å². The molecule has 2 heterocycles. The molecular formula is C21H14F3N3O2. The number of halogens is 3. The third-order valence-corrected chi connectivity index (χ3v) is 4.18. The van der Waals surface area contributed by atoms with Crippen molar-refractivity contribution in [2.45, 2.75) is 6.18 Å². The van der Waals surface area contributed by atoms with Gasteiger partial charge in [0.15, 0.2) is 11.5 Å². The Morgan fingerprint density at radius 3 is 2.31 bits per heavy atom. The molecule has 1 N–H and O–H groups in total. The molecule has 4 aromatic rings. The van der Waals surface area contributed by atoms with Gasteiger partial charge in [0.2, 0.25) is 0 Å². The predicted molar refractivity (Wildman–Crippen MR) is 101 cm³/mol. The first-order valence-corrected chi connectivity index (χ1v) is 8.60. The van der Waals surface area contributed by atoms with Gasteiger partial charge in [0.05, 0.1) is 17.6 Å². The van der Waals surface area contributed by atoms with E-state index in [2.05, 4.69) is 10.4 Å². The van der Waals surface area contributed by atoms with Crippen molar-refractivity contribution in [3.05, 3.63) is 90.5 Å². The molecule has 29 heavy (non-hydrogen) atoms. The SMILES string of the molecule is O=C(Nc1ccc(-c2cc(C(F)(F)F)nn2-c2ccccc2)cc1)c1ccco1. The Balaban J connectivity index is 1.67. The number of aromatic nitrogens is 2. The van der Waals surface area contributed by atoms with Crippen molar-refractivity contribution in [3.8, 4) is 16.9 Å². The molecule has 0 saturated carbocycles. The van der Waals surface area contributed by atoms with Gasteiger partial charge in [-0.3, -0.25) is 4.79 Å². The van der Waals surface area contributed by atoms with Crippen LogP contribution in [-0.2, 0) is 6.18 Å². The largest absolute Gasteiger partial charge is 0.459 e. The average molecular weight is 397 g/mol. The molecular weight excluding hydrogens is 383 g/mol. The number of carbonyl (C=O) groups excluding carboxylic acids is 1. The summed E-state index contributed by atoms with van der Waals surface area (Å²) in [6, 6.07) is 19.1. The zero-order valence-corrected chi connectivity index (χ0v) is 14.9.